The summed E-state index contributed by atoms with van der Waals surface area (Å²) < 4.78 is 35.3. The number of amides is 1. The number of aromatic nitrogens is 6. The van der Waals surface area contributed by atoms with Gasteiger partial charge in [0.15, 0.2) is 11.6 Å². The van der Waals surface area contributed by atoms with Gasteiger partial charge in [0.2, 0.25) is 5.91 Å². The van der Waals surface area contributed by atoms with Crippen LogP contribution in [0.1, 0.15) is 89.4 Å². The summed E-state index contributed by atoms with van der Waals surface area (Å²) in [6, 6.07) is 18.1. The van der Waals surface area contributed by atoms with Crippen molar-refractivity contribution >= 4 is 40.5 Å². The number of piperazine rings is 1. The Balaban J connectivity index is 0.000000876. The number of carbonyl (C=O) groups excluding carboxylic acids is 1. The van der Waals surface area contributed by atoms with Crippen LogP contribution >= 0.6 is 22.9 Å². The van der Waals surface area contributed by atoms with Crippen molar-refractivity contribution in [2.45, 2.75) is 78.6 Å². The lowest BCUT2D eigenvalue weighted by molar-refractivity contribution is -0.192. The minimum absolute atomic E-state index is 0.00341. The number of likely N-dealkylation sites (tertiary alicyclic amines) is 1. The molecule has 70 heavy (non-hydrogen) atoms. The average molecular weight is 1000 g/mol. The molecule has 2 saturated heterocycles. The number of aromatic hydroxyl groups is 2. The Labute approximate surface area is 410 Å². The van der Waals surface area contributed by atoms with Gasteiger partial charge in [0.1, 0.15) is 28.4 Å². The van der Waals surface area contributed by atoms with Gasteiger partial charge in [-0.1, -0.05) is 49.7 Å². The molecule has 6 aromatic rings. The van der Waals surface area contributed by atoms with E-state index in [9.17, 15) is 33.0 Å². The van der Waals surface area contributed by atoms with Crippen LogP contribution in [-0.2, 0) is 16.1 Å². The number of hydrogen-bond donors (Lipinski definition) is 4. The van der Waals surface area contributed by atoms with E-state index >= 15 is 0 Å². The Kier molecular flexibility index (Phi) is 14.7. The first kappa shape index (κ1) is 50.1. The van der Waals surface area contributed by atoms with E-state index in [-0.39, 0.29) is 35.6 Å². The second-order valence-electron chi connectivity index (χ2n) is 18.2. The lowest BCUT2D eigenvalue weighted by Gasteiger charge is -2.39. The Hall–Kier alpha value is -6.35. The largest absolute Gasteiger partial charge is 0.508 e. The van der Waals surface area contributed by atoms with Gasteiger partial charge in [0.05, 0.1) is 23.4 Å². The Morgan fingerprint density at radius 1 is 0.886 bits per heavy atom. The van der Waals surface area contributed by atoms with E-state index < -0.39 is 23.9 Å². The molecule has 9 rings (SSSR count). The van der Waals surface area contributed by atoms with E-state index in [2.05, 4.69) is 48.6 Å². The number of carbonyl (C=O) groups is 2. The van der Waals surface area contributed by atoms with Crippen LogP contribution in [0, 0.1) is 26.7 Å². The van der Waals surface area contributed by atoms with Gasteiger partial charge < -0.3 is 25.1 Å². The summed E-state index contributed by atoms with van der Waals surface area (Å²) in [6.07, 6.45) is -2.91. The minimum Gasteiger partial charge on any atom is -0.508 e. The van der Waals surface area contributed by atoms with Crippen molar-refractivity contribution < 1.29 is 38.1 Å². The molecule has 1 amide bonds. The molecule has 3 aliphatic heterocycles. The van der Waals surface area contributed by atoms with Gasteiger partial charge in [-0.25, -0.2) is 19.3 Å². The van der Waals surface area contributed by atoms with Gasteiger partial charge in [-0.3, -0.25) is 19.3 Å². The second kappa shape index (κ2) is 20.5. The molecule has 21 heteroatoms. The number of rotatable bonds is 10. The third-order valence-corrected chi connectivity index (χ3v) is 14.6. The predicted molar refractivity (Wildman–Crippen MR) is 260 cm³/mol. The van der Waals surface area contributed by atoms with Crippen LogP contribution in [0.15, 0.2) is 70.5 Å². The van der Waals surface area contributed by atoms with Crippen LogP contribution in [-0.4, -0.2) is 129 Å². The summed E-state index contributed by atoms with van der Waals surface area (Å²) in [5, 5.41) is 45.7. The van der Waals surface area contributed by atoms with E-state index in [0.717, 1.165) is 98.4 Å². The van der Waals surface area contributed by atoms with Crippen molar-refractivity contribution in [1.29, 1.82) is 0 Å². The molecule has 0 radical (unpaired) electrons. The number of H-pyrrole nitrogens is 1. The maximum Gasteiger partial charge on any atom is 0.490 e. The number of fused-ring (bicyclic) bond motifs is 3. The zero-order valence-electron chi connectivity index (χ0n) is 39.3. The molecule has 1 atom stereocenters. The van der Waals surface area contributed by atoms with Gasteiger partial charge in [0.25, 0.3) is 0 Å². The number of aliphatic carboxylic acids is 1. The molecule has 3 aromatic heterocycles. The number of carboxylic acids is 1. The summed E-state index contributed by atoms with van der Waals surface area (Å²) in [4.78, 5) is 49.4. The molecule has 0 bridgehead atoms. The number of benzene rings is 3. The third kappa shape index (κ3) is 10.7. The van der Waals surface area contributed by atoms with Crippen molar-refractivity contribution in [3.8, 4) is 33.6 Å². The molecule has 0 unspecified atom stereocenters. The van der Waals surface area contributed by atoms with Gasteiger partial charge in [0, 0.05) is 79.5 Å². The highest BCUT2D eigenvalue weighted by molar-refractivity contribution is 7.15. The number of carboxylic acid groups (broad SMARTS) is 1. The van der Waals surface area contributed by atoms with E-state index in [1.807, 2.05) is 74.2 Å². The smallest absolute Gasteiger partial charge is 0.490 e. The SMILES string of the molecule is Cc1sc2c(c1C)C(c1ccc(Cl)cc1)=N[C@@H](CC(=O)N1CCC(CN3CCN(Cc4ccc(-n5c(-c6cc(C(C)C)c(O)cc6O)n[nH]c5=O)cc4)CC3)CC1)c1nnc(C)n1-2.O=C(O)C(F)(F)F. The third-order valence-electron chi connectivity index (χ3n) is 13.2. The first-order chi connectivity index (χ1) is 33.3. The van der Waals surface area contributed by atoms with E-state index in [0.29, 0.717) is 33.6 Å². The topological polar surface area (TPSA) is 198 Å². The van der Waals surface area contributed by atoms with Crippen LogP contribution in [0.25, 0.3) is 22.1 Å². The van der Waals surface area contributed by atoms with E-state index in [4.69, 9.17) is 26.5 Å². The van der Waals surface area contributed by atoms with Gasteiger partial charge >= 0.3 is 17.8 Å². The number of hydrogen-bond acceptors (Lipinski definition) is 12. The number of aryl methyl sites for hydroxylation is 2. The number of halogens is 4. The van der Waals surface area contributed by atoms with Gasteiger partial charge in [-0.15, -0.1) is 21.5 Å². The zero-order chi connectivity index (χ0) is 50.2. The zero-order valence-corrected chi connectivity index (χ0v) is 40.9. The summed E-state index contributed by atoms with van der Waals surface area (Å²) in [5.74, 6) is -0.508. The number of alkyl halides is 3. The highest BCUT2D eigenvalue weighted by Crippen LogP contribution is 2.41. The monoisotopic (exact) mass is 1000 g/mol. The number of nitrogens with one attached hydrogen (secondary N) is 1. The van der Waals surface area contributed by atoms with Crippen molar-refractivity contribution in [2.75, 3.05) is 45.8 Å². The fourth-order valence-corrected chi connectivity index (χ4v) is 10.6. The number of aromatic amines is 1. The molecule has 3 aliphatic rings. The molecule has 370 valence electrons. The van der Waals surface area contributed by atoms with Crippen LogP contribution in [0.3, 0.4) is 0 Å². The number of phenols is 2. The number of piperidine rings is 1. The quantitative estimate of drug-likeness (QED) is 0.104. The van der Waals surface area contributed by atoms with Crippen molar-refractivity contribution in [3.63, 3.8) is 0 Å². The molecule has 2 fully saturated rings. The summed E-state index contributed by atoms with van der Waals surface area (Å²) in [7, 11) is 0. The molecule has 4 N–H and O–H groups in total. The first-order valence-corrected chi connectivity index (χ1v) is 24.2. The lowest BCUT2D eigenvalue weighted by atomic mass is 9.95. The van der Waals surface area contributed by atoms with Crippen LogP contribution in [0.2, 0.25) is 5.02 Å². The van der Waals surface area contributed by atoms with Gasteiger partial charge in [-0.05, 0) is 92.5 Å². The molecular formula is C49H54ClF3N10O6S. The first-order valence-electron chi connectivity index (χ1n) is 23.0. The highest BCUT2D eigenvalue weighted by Gasteiger charge is 2.38. The van der Waals surface area contributed by atoms with Crippen molar-refractivity contribution in [2.24, 2.45) is 10.9 Å². The maximum atomic E-state index is 14.1. The predicted octanol–water partition coefficient (Wildman–Crippen LogP) is 7.95. The Morgan fingerprint density at radius 3 is 2.16 bits per heavy atom. The van der Waals surface area contributed by atoms with E-state index in [1.165, 1.54) is 21.1 Å². The standard InChI is InChI=1S/C47H53ClN10O4S.C2HF3O2/c1-27(2)36-22-37(40(60)24-39(36)59)44-51-53-47(62)58(44)35-12-6-31(7-13-35)25-54-18-20-55(21-19-54)26-32-14-16-56(17-15-32)41(61)23-38-45-52-50-30(5)57(45)46-42(28(3)29(4)63-46)43(49-38)33-8-10-34(48)11-9-33;3-2(4,5)1(6)7/h6-13,22,24,27,32,38,59-60H,14-21,23,25-26H2,1-5H3,(H,53,62);(H,6,7)/t38-;/m0./s1. The number of aliphatic imine (C=N–C) groups is 1. The highest BCUT2D eigenvalue weighted by atomic mass is 35.5. The summed E-state index contributed by atoms with van der Waals surface area (Å²) in [5.41, 5.74) is 6.43. The summed E-state index contributed by atoms with van der Waals surface area (Å²) in [6.45, 7) is 17.3. The minimum atomic E-state index is -5.08. The number of nitrogens with zero attached hydrogens (tertiary/aromatic N) is 9. The summed E-state index contributed by atoms with van der Waals surface area (Å²) >= 11 is 8.00. The number of phenolic OH excluding ortho intramolecular Hbond substituents is 2. The fraction of sp³-hybridized carbons (Fsp3) is 0.408. The second-order valence-corrected chi connectivity index (χ2v) is 19.9. The van der Waals surface area contributed by atoms with Crippen LogP contribution in [0.5, 0.6) is 11.5 Å². The number of thiophene rings is 1. The fourth-order valence-electron chi connectivity index (χ4n) is 9.25. The molecule has 0 saturated carbocycles. The van der Waals surface area contributed by atoms with Crippen LogP contribution in [0.4, 0.5) is 13.2 Å². The normalized spacial score (nSPS) is 16.9. The van der Waals surface area contributed by atoms with Crippen LogP contribution < -0.4 is 5.69 Å². The molecule has 16 nitrogen and oxygen atoms in total. The molecule has 6 heterocycles. The average Bonchev–Trinajstić information content (AvgIpc) is 3.96. The van der Waals surface area contributed by atoms with Crippen molar-refractivity contribution in [3.05, 3.63) is 121 Å². The Bertz CT molecular complexity index is 2970. The maximum absolute atomic E-state index is 14.1. The van der Waals surface area contributed by atoms with Crippen molar-refractivity contribution in [1.82, 2.24) is 44.2 Å². The molecule has 0 aliphatic carbocycles. The molecule has 0 spiro atoms. The Morgan fingerprint density at radius 2 is 1.53 bits per heavy atom. The van der Waals surface area contributed by atoms with E-state index in [1.54, 1.807) is 17.4 Å². The molecular weight excluding hydrogens is 949 g/mol. The molecule has 3 aromatic carbocycles. The van der Waals surface area contributed by atoms with Gasteiger partial charge in [-0.2, -0.15) is 18.3 Å². The lowest BCUT2D eigenvalue weighted by Crippen LogP contribution is -2.48.